The third kappa shape index (κ3) is 4.02. The van der Waals surface area contributed by atoms with Crippen LogP contribution in [0.1, 0.15) is 44.7 Å². The van der Waals surface area contributed by atoms with Crippen LogP contribution >= 0.6 is 0 Å². The van der Waals surface area contributed by atoms with Crippen molar-refractivity contribution in [2.75, 3.05) is 18.5 Å². The first-order valence-electron chi connectivity index (χ1n) is 7.13. The highest BCUT2D eigenvalue weighted by Gasteiger charge is 2.10. The minimum Gasteiger partial charge on any atom is -0.372 e. The van der Waals surface area contributed by atoms with E-state index in [2.05, 4.69) is 63.2 Å². The SMILES string of the molecule is CCCNCc1ccc(N(C)C(C)CC)c(C)c1. The van der Waals surface area contributed by atoms with Crippen LogP contribution in [0.4, 0.5) is 5.69 Å². The van der Waals surface area contributed by atoms with Crippen molar-refractivity contribution in [1.82, 2.24) is 5.32 Å². The number of rotatable bonds is 7. The summed E-state index contributed by atoms with van der Waals surface area (Å²) in [7, 11) is 2.19. The molecule has 1 rings (SSSR count). The molecule has 1 N–H and O–H groups in total. The molecule has 18 heavy (non-hydrogen) atoms. The van der Waals surface area contributed by atoms with Crippen LogP contribution in [0, 0.1) is 6.92 Å². The van der Waals surface area contributed by atoms with Crippen molar-refractivity contribution in [2.45, 2.75) is 53.1 Å². The van der Waals surface area contributed by atoms with Crippen LogP contribution < -0.4 is 10.2 Å². The topological polar surface area (TPSA) is 15.3 Å². The maximum atomic E-state index is 3.45. The highest BCUT2D eigenvalue weighted by Crippen LogP contribution is 2.22. The van der Waals surface area contributed by atoms with Crippen LogP contribution in [-0.4, -0.2) is 19.6 Å². The van der Waals surface area contributed by atoms with Crippen LogP contribution in [0.2, 0.25) is 0 Å². The molecule has 102 valence electrons. The highest BCUT2D eigenvalue weighted by molar-refractivity contribution is 5.54. The third-order valence-corrected chi connectivity index (χ3v) is 3.65. The van der Waals surface area contributed by atoms with Gasteiger partial charge in [-0.25, -0.2) is 0 Å². The second-order valence-electron chi connectivity index (χ2n) is 5.17. The molecule has 0 saturated heterocycles. The van der Waals surface area contributed by atoms with E-state index in [1.807, 2.05) is 0 Å². The van der Waals surface area contributed by atoms with Gasteiger partial charge >= 0.3 is 0 Å². The Morgan fingerprint density at radius 3 is 2.56 bits per heavy atom. The maximum Gasteiger partial charge on any atom is 0.0395 e. The molecule has 1 aromatic carbocycles. The van der Waals surface area contributed by atoms with Crippen molar-refractivity contribution >= 4 is 5.69 Å². The standard InChI is InChI=1S/C16H28N2/c1-6-10-17-12-15-8-9-16(13(3)11-15)18(5)14(4)7-2/h8-9,11,14,17H,6-7,10,12H2,1-5H3. The molecule has 0 aliphatic heterocycles. The zero-order valence-corrected chi connectivity index (χ0v) is 12.6. The fourth-order valence-electron chi connectivity index (χ4n) is 2.14. The monoisotopic (exact) mass is 248 g/mol. The molecule has 0 aliphatic rings. The summed E-state index contributed by atoms with van der Waals surface area (Å²) >= 11 is 0. The Morgan fingerprint density at radius 1 is 1.28 bits per heavy atom. The van der Waals surface area contributed by atoms with E-state index in [1.54, 1.807) is 0 Å². The molecule has 0 amide bonds. The first kappa shape index (κ1) is 15.0. The van der Waals surface area contributed by atoms with Gasteiger partial charge in [0.05, 0.1) is 0 Å². The van der Waals surface area contributed by atoms with Crippen molar-refractivity contribution in [2.24, 2.45) is 0 Å². The lowest BCUT2D eigenvalue weighted by atomic mass is 10.1. The maximum absolute atomic E-state index is 3.45. The van der Waals surface area contributed by atoms with E-state index < -0.39 is 0 Å². The van der Waals surface area contributed by atoms with Crippen LogP contribution in [0.25, 0.3) is 0 Å². The third-order valence-electron chi connectivity index (χ3n) is 3.65. The molecule has 2 nitrogen and oxygen atoms in total. The highest BCUT2D eigenvalue weighted by atomic mass is 15.1. The lowest BCUT2D eigenvalue weighted by Crippen LogP contribution is -2.28. The normalized spacial score (nSPS) is 12.5. The van der Waals surface area contributed by atoms with Gasteiger partial charge in [0, 0.05) is 25.3 Å². The van der Waals surface area contributed by atoms with Crippen molar-refractivity contribution in [1.29, 1.82) is 0 Å². The van der Waals surface area contributed by atoms with Crippen molar-refractivity contribution < 1.29 is 0 Å². The molecule has 0 spiro atoms. The number of hydrogen-bond donors (Lipinski definition) is 1. The zero-order valence-electron chi connectivity index (χ0n) is 12.6. The Balaban J connectivity index is 2.73. The molecule has 0 aliphatic carbocycles. The summed E-state index contributed by atoms with van der Waals surface area (Å²) in [6.07, 6.45) is 2.36. The molecule has 0 saturated carbocycles. The fraction of sp³-hybridized carbons (Fsp3) is 0.625. The second kappa shape index (κ2) is 7.42. The van der Waals surface area contributed by atoms with Gasteiger partial charge in [-0.15, -0.1) is 0 Å². The van der Waals surface area contributed by atoms with Crippen molar-refractivity contribution in [3.8, 4) is 0 Å². The molecule has 0 radical (unpaired) electrons. The van der Waals surface area contributed by atoms with Gasteiger partial charge in [-0.1, -0.05) is 26.0 Å². The van der Waals surface area contributed by atoms with Gasteiger partial charge in [0.1, 0.15) is 0 Å². The molecule has 2 heteroatoms. The van der Waals surface area contributed by atoms with Gasteiger partial charge in [-0.3, -0.25) is 0 Å². The minimum absolute atomic E-state index is 0.591. The summed E-state index contributed by atoms with van der Waals surface area (Å²) in [5, 5.41) is 3.45. The van der Waals surface area contributed by atoms with Gasteiger partial charge in [0.2, 0.25) is 0 Å². The molecule has 1 unspecified atom stereocenters. The van der Waals surface area contributed by atoms with E-state index in [0.29, 0.717) is 6.04 Å². The Kier molecular flexibility index (Phi) is 6.20. The van der Waals surface area contributed by atoms with Crippen molar-refractivity contribution in [3.63, 3.8) is 0 Å². The van der Waals surface area contributed by atoms with Gasteiger partial charge in [-0.05, 0) is 50.4 Å². The lowest BCUT2D eigenvalue weighted by Gasteiger charge is -2.28. The molecular weight excluding hydrogens is 220 g/mol. The van der Waals surface area contributed by atoms with E-state index in [9.17, 15) is 0 Å². The van der Waals surface area contributed by atoms with Crippen LogP contribution in [0.15, 0.2) is 18.2 Å². The summed E-state index contributed by atoms with van der Waals surface area (Å²) in [4.78, 5) is 2.37. The lowest BCUT2D eigenvalue weighted by molar-refractivity contribution is 0.660. The minimum atomic E-state index is 0.591. The van der Waals surface area contributed by atoms with E-state index in [4.69, 9.17) is 0 Å². The fourth-order valence-corrected chi connectivity index (χ4v) is 2.14. The van der Waals surface area contributed by atoms with E-state index in [0.717, 1.165) is 13.1 Å². The predicted octanol–water partition coefficient (Wildman–Crippen LogP) is 3.73. The van der Waals surface area contributed by atoms with E-state index in [1.165, 1.54) is 29.7 Å². The summed E-state index contributed by atoms with van der Waals surface area (Å²) in [5.74, 6) is 0. The molecule has 1 atom stereocenters. The van der Waals surface area contributed by atoms with Gasteiger partial charge in [0.25, 0.3) is 0 Å². The molecule has 0 fully saturated rings. The number of nitrogens with zero attached hydrogens (tertiary/aromatic N) is 1. The van der Waals surface area contributed by atoms with Gasteiger partial charge in [-0.2, -0.15) is 0 Å². The average Bonchev–Trinajstić information content (AvgIpc) is 2.37. The molecule has 0 bridgehead atoms. The van der Waals surface area contributed by atoms with Crippen molar-refractivity contribution in [3.05, 3.63) is 29.3 Å². The van der Waals surface area contributed by atoms with E-state index in [-0.39, 0.29) is 0 Å². The van der Waals surface area contributed by atoms with E-state index >= 15 is 0 Å². The molecular formula is C16H28N2. The smallest absolute Gasteiger partial charge is 0.0395 e. The molecule has 1 aromatic rings. The molecule has 0 aromatic heterocycles. The Hall–Kier alpha value is -1.02. The van der Waals surface area contributed by atoms with Gasteiger partial charge in [0.15, 0.2) is 0 Å². The largest absolute Gasteiger partial charge is 0.372 e. The number of anilines is 1. The summed E-state index contributed by atoms with van der Waals surface area (Å²) in [6, 6.07) is 7.39. The summed E-state index contributed by atoms with van der Waals surface area (Å²) < 4.78 is 0. The summed E-state index contributed by atoms with van der Waals surface area (Å²) in [5.41, 5.74) is 4.10. The number of hydrogen-bond acceptors (Lipinski definition) is 2. The van der Waals surface area contributed by atoms with Crippen LogP contribution in [0.5, 0.6) is 0 Å². The zero-order chi connectivity index (χ0) is 13.5. The van der Waals surface area contributed by atoms with Crippen LogP contribution in [-0.2, 0) is 6.54 Å². The summed E-state index contributed by atoms with van der Waals surface area (Å²) in [6.45, 7) is 11.0. The first-order valence-corrected chi connectivity index (χ1v) is 7.13. The Bertz CT molecular complexity index is 360. The Morgan fingerprint density at radius 2 is 2.00 bits per heavy atom. The molecule has 0 heterocycles. The average molecular weight is 248 g/mol. The quantitative estimate of drug-likeness (QED) is 0.740. The second-order valence-corrected chi connectivity index (χ2v) is 5.17. The Labute approximate surface area is 112 Å². The number of nitrogens with one attached hydrogen (secondary N) is 1. The van der Waals surface area contributed by atoms with Gasteiger partial charge < -0.3 is 10.2 Å². The number of benzene rings is 1. The predicted molar refractivity (Wildman–Crippen MR) is 81.3 cm³/mol. The van der Waals surface area contributed by atoms with Crippen LogP contribution in [0.3, 0.4) is 0 Å². The first-order chi connectivity index (χ1) is 8.60. The number of aryl methyl sites for hydroxylation is 1.